The third-order valence-corrected chi connectivity index (χ3v) is 8.04. The molecule has 3 rings (SSSR count). The minimum atomic E-state index is -0.335. The molecule has 2 N–H and O–H groups in total. The number of halogens is 2. The molecule has 0 saturated carbocycles. The number of unbranched alkanes of at least 4 members (excludes halogenated alkanes) is 11. The molecule has 0 fully saturated rings. The number of hydrogen-bond donors (Lipinski definition) is 2. The summed E-state index contributed by atoms with van der Waals surface area (Å²) in [5.41, 5.74) is 5.71. The Kier molecular flexibility index (Phi) is 17.0. The van der Waals surface area contributed by atoms with E-state index in [0.29, 0.717) is 17.3 Å². The lowest BCUT2D eigenvalue weighted by atomic mass is 10.1. The highest BCUT2D eigenvalue weighted by atomic mass is 79.9. The van der Waals surface area contributed by atoms with E-state index in [9.17, 15) is 4.79 Å². The second kappa shape index (κ2) is 19.9. The van der Waals surface area contributed by atoms with Gasteiger partial charge in [-0.1, -0.05) is 113 Å². The molecule has 1 aromatic heterocycles. The monoisotopic (exact) mass is 649 g/mol. The van der Waals surface area contributed by atoms with Crippen LogP contribution in [0.1, 0.15) is 95.2 Å². The Morgan fingerprint density at radius 2 is 1.57 bits per heavy atom. The summed E-state index contributed by atoms with van der Waals surface area (Å²) in [6, 6.07) is 12.9. The van der Waals surface area contributed by atoms with Crippen molar-refractivity contribution >= 4 is 40.3 Å². The fourth-order valence-electron chi connectivity index (χ4n) is 4.56. The molecule has 8 heteroatoms. The molecule has 1 heterocycles. The maximum Gasteiger partial charge on any atom is 0.323 e. The van der Waals surface area contributed by atoms with Gasteiger partial charge in [-0.15, -0.1) is 0 Å². The fourth-order valence-corrected chi connectivity index (χ4v) is 5.56. The molecular formula is C32H45BrClN3O2S. The lowest BCUT2D eigenvalue weighted by molar-refractivity contribution is -0.689. The number of benzene rings is 2. The van der Waals surface area contributed by atoms with E-state index < -0.39 is 0 Å². The smallest absolute Gasteiger partial charge is 0.323 e. The van der Waals surface area contributed by atoms with Crippen LogP contribution < -0.4 is 36.9 Å². The molecule has 0 radical (unpaired) electrons. The summed E-state index contributed by atoms with van der Waals surface area (Å²) in [5, 5.41) is 8.31. The largest absolute Gasteiger partial charge is 1.00 e. The van der Waals surface area contributed by atoms with Crippen LogP contribution in [0, 0.1) is 6.92 Å². The average molecular weight is 651 g/mol. The molecule has 0 bridgehead atoms. The molecule has 3 aromatic rings. The van der Waals surface area contributed by atoms with Gasteiger partial charge < -0.3 is 32.4 Å². The number of amides is 2. The predicted octanol–water partition coefficient (Wildman–Crippen LogP) is 6.77. The van der Waals surface area contributed by atoms with Crippen molar-refractivity contribution in [1.82, 2.24) is 0 Å². The van der Waals surface area contributed by atoms with E-state index in [1.807, 2.05) is 24.3 Å². The first-order valence-electron chi connectivity index (χ1n) is 14.6. The lowest BCUT2D eigenvalue weighted by Gasteiger charge is -2.12. The van der Waals surface area contributed by atoms with Crippen molar-refractivity contribution in [3.63, 3.8) is 0 Å². The van der Waals surface area contributed by atoms with E-state index in [2.05, 4.69) is 46.0 Å². The minimum Gasteiger partial charge on any atom is -1.00 e. The molecule has 5 nitrogen and oxygen atoms in total. The van der Waals surface area contributed by atoms with Crippen molar-refractivity contribution in [3.05, 3.63) is 69.6 Å². The number of urea groups is 1. The Morgan fingerprint density at radius 3 is 2.20 bits per heavy atom. The van der Waals surface area contributed by atoms with Gasteiger partial charge >= 0.3 is 6.03 Å². The van der Waals surface area contributed by atoms with E-state index in [-0.39, 0.29) is 23.0 Å². The van der Waals surface area contributed by atoms with Gasteiger partial charge in [0.15, 0.2) is 12.2 Å². The van der Waals surface area contributed by atoms with Crippen molar-refractivity contribution in [1.29, 1.82) is 0 Å². The molecule has 0 unspecified atom stereocenters. The number of aromatic nitrogens is 1. The van der Waals surface area contributed by atoms with Gasteiger partial charge in [-0.25, -0.2) is 4.79 Å². The van der Waals surface area contributed by atoms with Gasteiger partial charge in [-0.05, 0) is 30.7 Å². The number of carbonyl (C=O) groups excluding carboxylic acids is 1. The zero-order valence-electron chi connectivity index (χ0n) is 24.0. The summed E-state index contributed by atoms with van der Waals surface area (Å²) in [6.45, 7) is 5.80. The number of nitrogens with one attached hydrogen (secondary N) is 2. The van der Waals surface area contributed by atoms with Gasteiger partial charge in [0.1, 0.15) is 5.75 Å². The van der Waals surface area contributed by atoms with E-state index in [1.165, 1.54) is 76.3 Å². The van der Waals surface area contributed by atoms with Crippen LogP contribution in [-0.4, -0.2) is 12.6 Å². The predicted molar refractivity (Wildman–Crippen MR) is 165 cm³/mol. The first-order chi connectivity index (χ1) is 19.0. The van der Waals surface area contributed by atoms with E-state index >= 15 is 0 Å². The van der Waals surface area contributed by atoms with Crippen LogP contribution in [-0.2, 0) is 6.54 Å². The van der Waals surface area contributed by atoms with Crippen LogP contribution in [0.5, 0.6) is 5.75 Å². The van der Waals surface area contributed by atoms with Gasteiger partial charge in [-0.3, -0.25) is 0 Å². The summed E-state index contributed by atoms with van der Waals surface area (Å²) in [5.74, 6) is 0.725. The Balaban J connectivity index is 0.00000560. The van der Waals surface area contributed by atoms with Crippen molar-refractivity contribution in [3.8, 4) is 5.75 Å². The topological polar surface area (TPSA) is 54.2 Å². The van der Waals surface area contributed by atoms with E-state index in [4.69, 9.17) is 16.3 Å². The van der Waals surface area contributed by atoms with Crippen molar-refractivity contribution in [2.24, 2.45) is 0 Å². The van der Waals surface area contributed by atoms with Crippen LogP contribution in [0.25, 0.3) is 0 Å². The third kappa shape index (κ3) is 13.0. The van der Waals surface area contributed by atoms with E-state index in [1.54, 1.807) is 23.5 Å². The number of rotatable bonds is 18. The summed E-state index contributed by atoms with van der Waals surface area (Å²) >= 11 is 8.11. The van der Waals surface area contributed by atoms with Crippen LogP contribution in [0.4, 0.5) is 16.2 Å². The quantitative estimate of drug-likeness (QED) is 0.118. The molecule has 220 valence electrons. The van der Waals surface area contributed by atoms with Gasteiger partial charge in [0, 0.05) is 24.2 Å². The molecule has 0 aliphatic carbocycles. The minimum absolute atomic E-state index is 0. The van der Waals surface area contributed by atoms with Crippen LogP contribution in [0.3, 0.4) is 0 Å². The highest BCUT2D eigenvalue weighted by Gasteiger charge is 2.11. The number of anilines is 2. The van der Waals surface area contributed by atoms with E-state index in [0.717, 1.165) is 30.0 Å². The highest BCUT2D eigenvalue weighted by Crippen LogP contribution is 2.27. The summed E-state index contributed by atoms with van der Waals surface area (Å²) in [6.07, 6.45) is 15.9. The van der Waals surface area contributed by atoms with Crippen LogP contribution in [0.2, 0.25) is 5.02 Å². The van der Waals surface area contributed by atoms with Crippen LogP contribution in [0.15, 0.2) is 53.4 Å². The fraction of sp³-hybridized carbons (Fsp3) is 0.500. The van der Waals surface area contributed by atoms with Crippen molar-refractivity contribution in [2.45, 2.75) is 97.4 Å². The first-order valence-corrected chi connectivity index (χ1v) is 15.9. The number of hydrogen-bond acceptors (Lipinski definition) is 3. The third-order valence-electron chi connectivity index (χ3n) is 6.87. The molecule has 0 aliphatic heterocycles. The van der Waals surface area contributed by atoms with Gasteiger partial charge in [0.25, 0.3) is 0 Å². The van der Waals surface area contributed by atoms with Gasteiger partial charge in [0.2, 0.25) is 5.51 Å². The summed E-state index contributed by atoms with van der Waals surface area (Å²) in [7, 11) is 0. The number of nitrogens with zero attached hydrogens (tertiary/aromatic N) is 1. The Bertz CT molecular complexity index is 1140. The first kappa shape index (κ1) is 34.1. The normalized spacial score (nSPS) is 10.7. The van der Waals surface area contributed by atoms with Crippen LogP contribution >= 0.6 is 22.9 Å². The van der Waals surface area contributed by atoms with Crippen molar-refractivity contribution in [2.75, 3.05) is 17.2 Å². The molecular weight excluding hydrogens is 606 g/mol. The number of aryl methyl sites for hydroxylation is 1. The average Bonchev–Trinajstić information content (AvgIpc) is 3.32. The van der Waals surface area contributed by atoms with Gasteiger partial charge in [-0.2, -0.15) is 4.57 Å². The zero-order chi connectivity index (χ0) is 27.7. The Morgan fingerprint density at radius 1 is 0.900 bits per heavy atom. The maximum absolute atomic E-state index is 12.6. The number of carbonyl (C=O) groups is 1. The van der Waals surface area contributed by atoms with Crippen molar-refractivity contribution < 1.29 is 31.1 Å². The molecule has 2 aromatic carbocycles. The summed E-state index contributed by atoms with van der Waals surface area (Å²) in [4.78, 5) is 12.6. The Labute approximate surface area is 260 Å². The standard InChI is InChI=1S/C32H44ClN3O2S.BrH/c1-3-4-5-6-7-8-9-10-11-12-13-14-20-38-29-18-19-31(30(33)22-29)35-32(37)34-28-17-15-16-27(21-28)23-36-25-39-24-26(36)2;/h15-19,21-22,24-25H,3-14,20,23H2,1-2H3,(H-,34,35,37);1H. The number of ether oxygens (including phenoxy) is 1. The molecule has 0 spiro atoms. The lowest BCUT2D eigenvalue weighted by Crippen LogP contribution is -3.00. The highest BCUT2D eigenvalue weighted by molar-refractivity contribution is 7.07. The molecule has 0 saturated heterocycles. The second-order valence-electron chi connectivity index (χ2n) is 10.3. The molecule has 0 atom stereocenters. The Hall–Kier alpha value is -2.09. The second-order valence-corrected chi connectivity index (χ2v) is 11.4. The molecule has 2 amide bonds. The number of thiazole rings is 1. The zero-order valence-corrected chi connectivity index (χ0v) is 27.2. The maximum atomic E-state index is 12.6. The summed E-state index contributed by atoms with van der Waals surface area (Å²) < 4.78 is 8.07. The molecule has 40 heavy (non-hydrogen) atoms. The van der Waals surface area contributed by atoms with Gasteiger partial charge in [0.05, 0.1) is 22.7 Å². The molecule has 0 aliphatic rings. The SMILES string of the molecule is CCCCCCCCCCCCCCOc1ccc(NC(=O)Nc2cccc(C[n+]3cscc3C)c2)c(Cl)c1.[Br-].